The summed E-state index contributed by atoms with van der Waals surface area (Å²) in [6, 6.07) is 7.00. The molecule has 136 valence electrons. The van der Waals surface area contributed by atoms with Gasteiger partial charge in [-0.05, 0) is 63.2 Å². The number of ether oxygens (including phenoxy) is 1. The molecular weight excluding hydrogens is 310 g/mol. The van der Waals surface area contributed by atoms with Crippen LogP contribution in [-0.2, 0) is 11.3 Å². The summed E-state index contributed by atoms with van der Waals surface area (Å²) < 4.78 is 5.49. The summed E-state index contributed by atoms with van der Waals surface area (Å²) in [6.07, 6.45) is 10.3. The van der Waals surface area contributed by atoms with Crippen molar-refractivity contribution in [2.24, 2.45) is 5.41 Å². The van der Waals surface area contributed by atoms with E-state index in [4.69, 9.17) is 4.74 Å². The lowest BCUT2D eigenvalue weighted by atomic mass is 9.71. The van der Waals surface area contributed by atoms with Gasteiger partial charge in [-0.3, -0.25) is 14.8 Å². The van der Waals surface area contributed by atoms with Gasteiger partial charge >= 0.3 is 0 Å². The number of piperidine rings is 1. The van der Waals surface area contributed by atoms with Gasteiger partial charge in [-0.25, -0.2) is 0 Å². The van der Waals surface area contributed by atoms with Crippen molar-refractivity contribution in [1.29, 1.82) is 0 Å². The lowest BCUT2D eigenvalue weighted by Gasteiger charge is -2.44. The number of hydrogen-bond acceptors (Lipinski definition) is 4. The van der Waals surface area contributed by atoms with Gasteiger partial charge in [-0.15, -0.1) is 0 Å². The number of pyridine rings is 1. The number of aromatic nitrogens is 1. The van der Waals surface area contributed by atoms with Gasteiger partial charge in [0.1, 0.15) is 0 Å². The summed E-state index contributed by atoms with van der Waals surface area (Å²) in [5.41, 5.74) is 2.79. The molecule has 1 spiro atoms. The molecule has 1 aliphatic carbocycles. The number of allylic oxidation sites excluding steroid dienone is 1. The average molecular weight is 341 g/mol. The monoisotopic (exact) mass is 341 g/mol. The highest BCUT2D eigenvalue weighted by Gasteiger charge is 2.36. The van der Waals surface area contributed by atoms with E-state index in [0.29, 0.717) is 11.5 Å². The molecule has 4 heteroatoms. The van der Waals surface area contributed by atoms with Crippen molar-refractivity contribution in [2.45, 2.75) is 45.2 Å². The molecule has 0 N–H and O–H groups in total. The van der Waals surface area contributed by atoms with Gasteiger partial charge in [-0.1, -0.05) is 18.2 Å². The van der Waals surface area contributed by atoms with Crippen LogP contribution in [0, 0.1) is 12.3 Å². The molecule has 0 radical (unpaired) electrons. The molecule has 0 aromatic carbocycles. The highest BCUT2D eigenvalue weighted by Crippen LogP contribution is 2.41. The second-order valence-electron chi connectivity index (χ2n) is 8.02. The van der Waals surface area contributed by atoms with Gasteiger partial charge in [0.15, 0.2) is 0 Å². The lowest BCUT2D eigenvalue weighted by Crippen LogP contribution is -2.46. The first kappa shape index (κ1) is 17.2. The number of morpholine rings is 1. The van der Waals surface area contributed by atoms with Crippen LogP contribution in [-0.4, -0.2) is 60.2 Å². The van der Waals surface area contributed by atoms with E-state index in [1.165, 1.54) is 44.5 Å². The van der Waals surface area contributed by atoms with Crippen LogP contribution in [0.1, 0.15) is 37.1 Å². The molecule has 0 saturated carbocycles. The summed E-state index contributed by atoms with van der Waals surface area (Å²) in [5.74, 6) is 0. The quantitative estimate of drug-likeness (QED) is 0.790. The lowest BCUT2D eigenvalue weighted by molar-refractivity contribution is 0.0175. The Morgan fingerprint density at radius 2 is 1.92 bits per heavy atom. The fourth-order valence-corrected chi connectivity index (χ4v) is 4.63. The van der Waals surface area contributed by atoms with Gasteiger partial charge < -0.3 is 4.74 Å². The van der Waals surface area contributed by atoms with Crippen molar-refractivity contribution in [2.75, 3.05) is 39.4 Å². The van der Waals surface area contributed by atoms with E-state index in [2.05, 4.69) is 52.1 Å². The number of aryl methyl sites for hydroxylation is 1. The maximum absolute atomic E-state index is 5.49. The van der Waals surface area contributed by atoms with Crippen LogP contribution in [0.5, 0.6) is 0 Å². The Hall–Kier alpha value is -1.23. The molecule has 1 unspecified atom stereocenters. The largest absolute Gasteiger partial charge is 0.379 e. The Labute approximate surface area is 151 Å². The Morgan fingerprint density at radius 1 is 1.12 bits per heavy atom. The van der Waals surface area contributed by atoms with Gasteiger partial charge in [0.05, 0.1) is 18.9 Å². The Bertz CT molecular complexity index is 601. The minimum absolute atomic E-state index is 0.458. The number of hydrogen-bond donors (Lipinski definition) is 0. The minimum atomic E-state index is 0.458. The van der Waals surface area contributed by atoms with Crippen LogP contribution in [0.4, 0.5) is 0 Å². The van der Waals surface area contributed by atoms with Gasteiger partial charge in [0, 0.05) is 31.4 Å². The molecule has 3 aliphatic rings. The van der Waals surface area contributed by atoms with Gasteiger partial charge in [0.2, 0.25) is 0 Å². The maximum Gasteiger partial charge on any atom is 0.0594 e. The molecule has 3 heterocycles. The van der Waals surface area contributed by atoms with E-state index in [1.807, 2.05) is 0 Å². The topological polar surface area (TPSA) is 28.6 Å². The third-order valence-electron chi connectivity index (χ3n) is 6.31. The Morgan fingerprint density at radius 3 is 2.60 bits per heavy atom. The van der Waals surface area contributed by atoms with Crippen molar-refractivity contribution >= 4 is 0 Å². The van der Waals surface area contributed by atoms with E-state index in [1.54, 1.807) is 0 Å². The average Bonchev–Trinajstić information content (AvgIpc) is 2.65. The minimum Gasteiger partial charge on any atom is -0.379 e. The summed E-state index contributed by atoms with van der Waals surface area (Å²) in [5, 5.41) is 0. The standard InChI is InChI=1S/C21H31N3O/c1-18-3-2-4-19(22-18)17-23-11-9-21(10-12-23)7-5-20(6-8-21)24-13-15-25-16-14-24/h2-5,7,20H,6,8-17H2,1H3. The molecule has 2 saturated heterocycles. The normalized spacial score (nSPS) is 27.6. The Kier molecular flexibility index (Phi) is 5.20. The Balaban J connectivity index is 1.31. The summed E-state index contributed by atoms with van der Waals surface area (Å²) in [7, 11) is 0. The second-order valence-corrected chi connectivity index (χ2v) is 8.02. The van der Waals surface area contributed by atoms with E-state index in [-0.39, 0.29) is 0 Å². The van der Waals surface area contributed by atoms with Crippen molar-refractivity contribution in [3.63, 3.8) is 0 Å². The maximum atomic E-state index is 5.49. The predicted molar refractivity (Wildman–Crippen MR) is 100 cm³/mol. The second kappa shape index (κ2) is 7.56. The van der Waals surface area contributed by atoms with Gasteiger partial charge in [-0.2, -0.15) is 0 Å². The zero-order valence-electron chi connectivity index (χ0n) is 15.5. The third kappa shape index (κ3) is 4.13. The van der Waals surface area contributed by atoms with E-state index < -0.39 is 0 Å². The van der Waals surface area contributed by atoms with E-state index in [0.717, 1.165) is 38.5 Å². The van der Waals surface area contributed by atoms with Crippen LogP contribution in [0.2, 0.25) is 0 Å². The first-order chi connectivity index (χ1) is 12.2. The fraction of sp³-hybridized carbons (Fsp3) is 0.667. The van der Waals surface area contributed by atoms with Crippen LogP contribution < -0.4 is 0 Å². The van der Waals surface area contributed by atoms with E-state index in [9.17, 15) is 0 Å². The molecule has 0 bridgehead atoms. The van der Waals surface area contributed by atoms with Crippen LogP contribution in [0.15, 0.2) is 30.4 Å². The smallest absolute Gasteiger partial charge is 0.0594 e. The zero-order chi connectivity index (χ0) is 17.1. The number of likely N-dealkylation sites (tertiary alicyclic amines) is 1. The summed E-state index contributed by atoms with van der Waals surface area (Å²) in [6.45, 7) is 9.46. The van der Waals surface area contributed by atoms with Crippen LogP contribution in [0.3, 0.4) is 0 Å². The summed E-state index contributed by atoms with van der Waals surface area (Å²) >= 11 is 0. The predicted octanol–water partition coefficient (Wildman–Crippen LogP) is 3.02. The van der Waals surface area contributed by atoms with Crippen LogP contribution in [0.25, 0.3) is 0 Å². The highest BCUT2D eigenvalue weighted by molar-refractivity contribution is 5.13. The SMILES string of the molecule is Cc1cccc(CN2CCC3(C=CC(N4CCOCC4)CC3)CC2)n1. The number of rotatable bonds is 3. The fourth-order valence-electron chi connectivity index (χ4n) is 4.63. The molecule has 4 nitrogen and oxygen atoms in total. The third-order valence-corrected chi connectivity index (χ3v) is 6.31. The molecule has 1 aromatic rings. The molecule has 1 aromatic heterocycles. The number of nitrogens with zero attached hydrogens (tertiary/aromatic N) is 3. The molecule has 25 heavy (non-hydrogen) atoms. The molecule has 2 fully saturated rings. The highest BCUT2D eigenvalue weighted by atomic mass is 16.5. The molecule has 1 atom stereocenters. The summed E-state index contributed by atoms with van der Waals surface area (Å²) in [4.78, 5) is 9.84. The van der Waals surface area contributed by atoms with Crippen molar-refractivity contribution < 1.29 is 4.74 Å². The molecular formula is C21H31N3O. The van der Waals surface area contributed by atoms with Gasteiger partial charge in [0.25, 0.3) is 0 Å². The molecule has 0 amide bonds. The van der Waals surface area contributed by atoms with Crippen molar-refractivity contribution in [3.05, 3.63) is 41.7 Å². The van der Waals surface area contributed by atoms with Crippen molar-refractivity contribution in [1.82, 2.24) is 14.8 Å². The zero-order valence-corrected chi connectivity index (χ0v) is 15.5. The first-order valence-corrected chi connectivity index (χ1v) is 9.89. The first-order valence-electron chi connectivity index (χ1n) is 9.89. The van der Waals surface area contributed by atoms with Crippen LogP contribution >= 0.6 is 0 Å². The molecule has 4 rings (SSSR count). The van der Waals surface area contributed by atoms with E-state index >= 15 is 0 Å². The van der Waals surface area contributed by atoms with Crippen molar-refractivity contribution in [3.8, 4) is 0 Å². The molecule has 2 aliphatic heterocycles.